The zero-order chi connectivity index (χ0) is 13.1. The average molecular weight is 324 g/mol. The van der Waals surface area contributed by atoms with Gasteiger partial charge in [0.25, 0.3) is 5.91 Å². The zero-order valence-electron chi connectivity index (χ0n) is 10.3. The van der Waals surface area contributed by atoms with E-state index in [2.05, 4.69) is 21.2 Å². The van der Waals surface area contributed by atoms with Crippen molar-refractivity contribution in [1.29, 1.82) is 0 Å². The third kappa shape index (κ3) is 3.21. The fraction of sp³-hybridized carbons (Fsp3) is 0.214. The summed E-state index contributed by atoms with van der Waals surface area (Å²) in [5.74, 6) is -0.0132. The Labute approximate surface area is 119 Å². The summed E-state index contributed by atoms with van der Waals surface area (Å²) in [6.45, 7) is 4.52. The predicted octanol–water partition coefficient (Wildman–Crippen LogP) is 4.06. The van der Waals surface area contributed by atoms with Crippen molar-refractivity contribution in [2.75, 3.05) is 0 Å². The van der Waals surface area contributed by atoms with E-state index in [1.54, 1.807) is 11.3 Å². The van der Waals surface area contributed by atoms with Gasteiger partial charge < -0.3 is 5.32 Å². The second kappa shape index (κ2) is 5.67. The van der Waals surface area contributed by atoms with Crippen LogP contribution in [0.5, 0.6) is 0 Å². The molecule has 2 nitrogen and oxygen atoms in total. The Kier molecular flexibility index (Phi) is 4.19. The van der Waals surface area contributed by atoms with Gasteiger partial charge in [0.1, 0.15) is 0 Å². The quantitative estimate of drug-likeness (QED) is 0.906. The molecule has 0 bridgehead atoms. The fourth-order valence-corrected chi connectivity index (χ4v) is 3.08. The number of hydrogen-bond acceptors (Lipinski definition) is 2. The van der Waals surface area contributed by atoms with E-state index < -0.39 is 0 Å². The highest BCUT2D eigenvalue weighted by molar-refractivity contribution is 9.10. The summed E-state index contributed by atoms with van der Waals surface area (Å²) in [5.41, 5.74) is 2.86. The summed E-state index contributed by atoms with van der Waals surface area (Å²) in [4.78, 5) is 13.2. The van der Waals surface area contributed by atoms with Gasteiger partial charge in [-0.1, -0.05) is 17.7 Å². The summed E-state index contributed by atoms with van der Waals surface area (Å²) in [6, 6.07) is 7.94. The lowest BCUT2D eigenvalue weighted by Crippen LogP contribution is -2.23. The minimum absolute atomic E-state index is 0.0132. The van der Waals surface area contributed by atoms with Crippen LogP contribution in [0.2, 0.25) is 0 Å². The first-order valence-corrected chi connectivity index (χ1v) is 7.32. The number of carbonyl (C=O) groups excluding carboxylic acids is 1. The van der Waals surface area contributed by atoms with Gasteiger partial charge in [0, 0.05) is 20.3 Å². The predicted molar refractivity (Wildman–Crippen MR) is 79.1 cm³/mol. The van der Waals surface area contributed by atoms with Crippen LogP contribution in [0.15, 0.2) is 34.1 Å². The molecule has 94 valence electrons. The van der Waals surface area contributed by atoms with Crippen molar-refractivity contribution >= 4 is 33.2 Å². The molecule has 1 N–H and O–H groups in total. The highest BCUT2D eigenvalue weighted by atomic mass is 79.9. The van der Waals surface area contributed by atoms with E-state index in [-0.39, 0.29) is 5.91 Å². The Hall–Kier alpha value is -1.13. The number of carbonyl (C=O) groups is 1. The second-order valence-electron chi connectivity index (χ2n) is 4.23. The number of benzene rings is 1. The molecule has 0 spiro atoms. The molecule has 0 aliphatic heterocycles. The van der Waals surface area contributed by atoms with Gasteiger partial charge in [0.15, 0.2) is 0 Å². The lowest BCUT2D eigenvalue weighted by molar-refractivity contribution is 0.0950. The molecule has 0 atom stereocenters. The van der Waals surface area contributed by atoms with Crippen molar-refractivity contribution in [1.82, 2.24) is 5.32 Å². The Balaban J connectivity index is 2.05. The standard InChI is InChI=1S/C14H14BrNOS/c1-9-3-4-10(2)13(5-9)14(17)16-7-12-6-11(15)8-18-12/h3-6,8H,7H2,1-2H3,(H,16,17). The number of rotatable bonds is 3. The number of aryl methyl sites for hydroxylation is 2. The van der Waals surface area contributed by atoms with Gasteiger partial charge in [-0.3, -0.25) is 4.79 Å². The summed E-state index contributed by atoms with van der Waals surface area (Å²) >= 11 is 5.04. The van der Waals surface area contributed by atoms with Crippen LogP contribution < -0.4 is 5.32 Å². The molecule has 0 unspecified atom stereocenters. The molecule has 4 heteroatoms. The molecular weight excluding hydrogens is 310 g/mol. The smallest absolute Gasteiger partial charge is 0.251 e. The Bertz CT molecular complexity index is 577. The molecule has 0 saturated heterocycles. The third-order valence-electron chi connectivity index (χ3n) is 2.68. The van der Waals surface area contributed by atoms with Gasteiger partial charge in [-0.2, -0.15) is 0 Å². The molecule has 0 saturated carbocycles. The molecule has 0 aliphatic carbocycles. The number of nitrogens with one attached hydrogen (secondary N) is 1. The van der Waals surface area contributed by atoms with Crippen molar-refractivity contribution < 1.29 is 4.79 Å². The van der Waals surface area contributed by atoms with Crippen molar-refractivity contribution in [2.24, 2.45) is 0 Å². The summed E-state index contributed by atoms with van der Waals surface area (Å²) < 4.78 is 1.06. The van der Waals surface area contributed by atoms with Crippen molar-refractivity contribution in [2.45, 2.75) is 20.4 Å². The van der Waals surface area contributed by atoms with Gasteiger partial charge in [-0.15, -0.1) is 11.3 Å². The van der Waals surface area contributed by atoms with Crippen LogP contribution >= 0.6 is 27.3 Å². The zero-order valence-corrected chi connectivity index (χ0v) is 12.7. The molecule has 0 fully saturated rings. The minimum Gasteiger partial charge on any atom is -0.347 e. The Morgan fingerprint density at radius 3 is 2.78 bits per heavy atom. The van der Waals surface area contributed by atoms with Gasteiger partial charge in [-0.25, -0.2) is 0 Å². The van der Waals surface area contributed by atoms with Crippen LogP contribution in [0, 0.1) is 13.8 Å². The van der Waals surface area contributed by atoms with E-state index in [1.165, 1.54) is 0 Å². The van der Waals surface area contributed by atoms with Gasteiger partial charge in [-0.05, 0) is 47.5 Å². The molecular formula is C14H14BrNOS. The molecule has 0 aliphatic rings. The molecule has 2 aromatic rings. The van der Waals surface area contributed by atoms with Crippen molar-refractivity contribution in [3.63, 3.8) is 0 Å². The van der Waals surface area contributed by atoms with Crippen LogP contribution in [-0.2, 0) is 6.54 Å². The number of halogens is 1. The average Bonchev–Trinajstić information content (AvgIpc) is 2.75. The minimum atomic E-state index is -0.0132. The largest absolute Gasteiger partial charge is 0.347 e. The monoisotopic (exact) mass is 323 g/mol. The summed E-state index contributed by atoms with van der Waals surface area (Å²) in [5, 5.41) is 4.96. The van der Waals surface area contributed by atoms with E-state index in [4.69, 9.17) is 0 Å². The van der Waals surface area contributed by atoms with Crippen molar-refractivity contribution in [3.8, 4) is 0 Å². The third-order valence-corrected chi connectivity index (χ3v) is 4.38. The van der Waals surface area contributed by atoms with Gasteiger partial charge in [0.2, 0.25) is 0 Å². The number of hydrogen-bond donors (Lipinski definition) is 1. The van der Waals surface area contributed by atoms with Crippen molar-refractivity contribution in [3.05, 3.63) is 55.7 Å². The van der Waals surface area contributed by atoms with Gasteiger partial charge in [0.05, 0.1) is 6.54 Å². The molecule has 18 heavy (non-hydrogen) atoms. The van der Waals surface area contributed by atoms with Crippen LogP contribution in [0.4, 0.5) is 0 Å². The van der Waals surface area contributed by atoms with E-state index in [1.807, 2.05) is 43.5 Å². The maximum atomic E-state index is 12.1. The second-order valence-corrected chi connectivity index (χ2v) is 6.14. The molecule has 1 aromatic carbocycles. The normalized spacial score (nSPS) is 10.4. The Morgan fingerprint density at radius 2 is 2.11 bits per heavy atom. The van der Waals surface area contributed by atoms with Crippen LogP contribution in [0.3, 0.4) is 0 Å². The first kappa shape index (κ1) is 13.3. The molecule has 2 rings (SSSR count). The molecule has 1 amide bonds. The first-order chi connectivity index (χ1) is 8.56. The van der Waals surface area contributed by atoms with E-state index >= 15 is 0 Å². The lowest BCUT2D eigenvalue weighted by Gasteiger charge is -2.07. The number of thiophene rings is 1. The fourth-order valence-electron chi connectivity index (χ4n) is 1.69. The SMILES string of the molecule is Cc1ccc(C)c(C(=O)NCc2cc(Br)cs2)c1. The highest BCUT2D eigenvalue weighted by Crippen LogP contribution is 2.19. The first-order valence-electron chi connectivity index (χ1n) is 5.64. The molecule has 0 radical (unpaired) electrons. The highest BCUT2D eigenvalue weighted by Gasteiger charge is 2.09. The lowest BCUT2D eigenvalue weighted by atomic mass is 10.1. The van der Waals surface area contributed by atoms with Crippen LogP contribution in [0.25, 0.3) is 0 Å². The number of amides is 1. The Morgan fingerprint density at radius 1 is 1.33 bits per heavy atom. The topological polar surface area (TPSA) is 29.1 Å². The van der Waals surface area contributed by atoms with Gasteiger partial charge >= 0.3 is 0 Å². The van der Waals surface area contributed by atoms with E-state index in [0.29, 0.717) is 6.54 Å². The maximum Gasteiger partial charge on any atom is 0.251 e. The molecule has 1 aromatic heterocycles. The van der Waals surface area contributed by atoms with Crippen LogP contribution in [-0.4, -0.2) is 5.91 Å². The van der Waals surface area contributed by atoms with Crippen LogP contribution in [0.1, 0.15) is 26.4 Å². The summed E-state index contributed by atoms with van der Waals surface area (Å²) in [6.07, 6.45) is 0. The van der Waals surface area contributed by atoms with E-state index in [0.717, 1.165) is 26.0 Å². The summed E-state index contributed by atoms with van der Waals surface area (Å²) in [7, 11) is 0. The molecule has 1 heterocycles. The van der Waals surface area contributed by atoms with E-state index in [9.17, 15) is 4.79 Å². The maximum absolute atomic E-state index is 12.1.